The molecule has 0 heterocycles. The van der Waals surface area contributed by atoms with E-state index in [9.17, 15) is 0 Å². The van der Waals surface area contributed by atoms with Crippen molar-refractivity contribution >= 4 is 0 Å². The lowest BCUT2D eigenvalue weighted by molar-refractivity contribution is 0.763. The first kappa shape index (κ1) is 19.8. The molecule has 1 aliphatic carbocycles. The zero-order chi connectivity index (χ0) is 22.4. The predicted octanol–water partition coefficient (Wildman–Crippen LogP) is 8.33. The third kappa shape index (κ3) is 2.84. The third-order valence-corrected chi connectivity index (χ3v) is 7.12. The molecule has 33 heavy (non-hydrogen) atoms. The lowest BCUT2D eigenvalue weighted by atomic mass is 9.65. The predicted molar refractivity (Wildman–Crippen MR) is 139 cm³/mol. The van der Waals surface area contributed by atoms with Crippen LogP contribution in [-0.4, -0.2) is 0 Å². The molecular weight excluding hydrogens is 396 g/mol. The van der Waals surface area contributed by atoms with Gasteiger partial charge in [-0.05, 0) is 63.9 Å². The second-order valence-corrected chi connectivity index (χ2v) is 9.08. The number of benzene rings is 5. The maximum absolute atomic E-state index is 2.31. The van der Waals surface area contributed by atoms with Gasteiger partial charge >= 0.3 is 0 Å². The van der Waals surface area contributed by atoms with Crippen LogP contribution in [0.5, 0.6) is 0 Å². The molecule has 6 rings (SSSR count). The Balaban J connectivity index is 1.84. The highest BCUT2D eigenvalue weighted by molar-refractivity contribution is 5.93. The van der Waals surface area contributed by atoms with E-state index in [2.05, 4.69) is 135 Å². The fraction of sp³-hybridized carbons (Fsp3) is 0.0909. The monoisotopic (exact) mass is 422 g/mol. The number of aryl methyl sites for hydroxylation is 2. The number of rotatable bonds is 3. The Kier molecular flexibility index (Phi) is 4.55. The Morgan fingerprint density at radius 2 is 1.00 bits per heavy atom. The van der Waals surface area contributed by atoms with Gasteiger partial charge in [0.05, 0.1) is 5.41 Å². The molecule has 1 aliphatic rings. The summed E-state index contributed by atoms with van der Waals surface area (Å²) in [5.74, 6) is 0. The maximum atomic E-state index is 2.31. The zero-order valence-corrected chi connectivity index (χ0v) is 19.0. The minimum atomic E-state index is -0.376. The van der Waals surface area contributed by atoms with Crippen LogP contribution in [0.2, 0.25) is 0 Å². The minimum absolute atomic E-state index is 0.376. The third-order valence-electron chi connectivity index (χ3n) is 7.12. The SMILES string of the molecule is Cc1cccc(-c2cccc3c2C(c2ccccc2)(c2ccccc2)c2c(C)cccc2-3)c1. The van der Waals surface area contributed by atoms with Gasteiger partial charge in [-0.25, -0.2) is 0 Å². The van der Waals surface area contributed by atoms with Crippen LogP contribution in [0, 0.1) is 13.8 Å². The molecule has 0 fully saturated rings. The average molecular weight is 423 g/mol. The number of hydrogen-bond acceptors (Lipinski definition) is 0. The Bertz CT molecular complexity index is 1420. The minimum Gasteiger partial charge on any atom is -0.0622 e. The van der Waals surface area contributed by atoms with Gasteiger partial charge < -0.3 is 0 Å². The van der Waals surface area contributed by atoms with E-state index in [1.54, 1.807) is 0 Å². The maximum Gasteiger partial charge on any atom is 0.0722 e. The van der Waals surface area contributed by atoms with E-state index in [4.69, 9.17) is 0 Å². The van der Waals surface area contributed by atoms with Crippen LogP contribution in [0.4, 0.5) is 0 Å². The standard InChI is InChI=1S/C33H26/c1-23-12-9-14-25(22-23)28-19-11-21-30-29-20-10-13-24(2)31(29)33(32(28)30,26-15-5-3-6-16-26)27-17-7-4-8-18-27/h3-22H,1-2H3. The van der Waals surface area contributed by atoms with Crippen molar-refractivity contribution in [2.45, 2.75) is 19.3 Å². The highest BCUT2D eigenvalue weighted by atomic mass is 14.5. The Morgan fingerprint density at radius 1 is 0.455 bits per heavy atom. The van der Waals surface area contributed by atoms with Crippen LogP contribution in [0.3, 0.4) is 0 Å². The van der Waals surface area contributed by atoms with Crippen molar-refractivity contribution in [2.75, 3.05) is 0 Å². The van der Waals surface area contributed by atoms with Crippen molar-refractivity contribution < 1.29 is 0 Å². The van der Waals surface area contributed by atoms with Crippen molar-refractivity contribution in [1.82, 2.24) is 0 Å². The molecule has 0 amide bonds. The summed E-state index contributed by atoms with van der Waals surface area (Å²) < 4.78 is 0. The normalized spacial score (nSPS) is 13.4. The van der Waals surface area contributed by atoms with Crippen LogP contribution in [0.15, 0.2) is 121 Å². The molecule has 0 aliphatic heterocycles. The summed E-state index contributed by atoms with van der Waals surface area (Å²) in [6.07, 6.45) is 0. The summed E-state index contributed by atoms with van der Waals surface area (Å²) in [6, 6.07) is 44.6. The average Bonchev–Trinajstić information content (AvgIpc) is 3.18. The van der Waals surface area contributed by atoms with Crippen LogP contribution >= 0.6 is 0 Å². The second kappa shape index (κ2) is 7.60. The number of fused-ring (bicyclic) bond motifs is 3. The largest absolute Gasteiger partial charge is 0.0722 e. The molecule has 0 radical (unpaired) electrons. The molecule has 5 aromatic carbocycles. The van der Waals surface area contributed by atoms with Gasteiger partial charge in [-0.3, -0.25) is 0 Å². The Hall–Kier alpha value is -3.90. The van der Waals surface area contributed by atoms with E-state index in [0.717, 1.165) is 0 Å². The molecule has 158 valence electrons. The molecule has 0 N–H and O–H groups in total. The molecule has 0 aromatic heterocycles. The van der Waals surface area contributed by atoms with E-state index in [1.807, 2.05) is 0 Å². The molecule has 0 atom stereocenters. The first-order valence-electron chi connectivity index (χ1n) is 11.6. The molecule has 0 unspecified atom stereocenters. The van der Waals surface area contributed by atoms with E-state index < -0.39 is 0 Å². The molecule has 0 spiro atoms. The first-order chi connectivity index (χ1) is 16.2. The summed E-state index contributed by atoms with van der Waals surface area (Å²) in [5.41, 5.74) is 12.9. The van der Waals surface area contributed by atoms with Gasteiger partial charge in [0.15, 0.2) is 0 Å². The van der Waals surface area contributed by atoms with Gasteiger partial charge in [0, 0.05) is 0 Å². The van der Waals surface area contributed by atoms with Gasteiger partial charge in [0.2, 0.25) is 0 Å². The molecule has 0 nitrogen and oxygen atoms in total. The molecule has 0 bridgehead atoms. The van der Waals surface area contributed by atoms with Crippen molar-refractivity contribution in [3.05, 3.63) is 155 Å². The topological polar surface area (TPSA) is 0 Å². The molecular formula is C33H26. The second-order valence-electron chi connectivity index (χ2n) is 9.08. The quantitative estimate of drug-likeness (QED) is 0.269. The summed E-state index contributed by atoms with van der Waals surface area (Å²) in [7, 11) is 0. The number of hydrogen-bond donors (Lipinski definition) is 0. The van der Waals surface area contributed by atoms with Gasteiger partial charge in [0.1, 0.15) is 0 Å². The van der Waals surface area contributed by atoms with E-state index in [-0.39, 0.29) is 5.41 Å². The first-order valence-corrected chi connectivity index (χ1v) is 11.6. The van der Waals surface area contributed by atoms with Gasteiger partial charge in [-0.1, -0.05) is 127 Å². The lowest BCUT2D eigenvalue weighted by Gasteiger charge is -2.36. The van der Waals surface area contributed by atoms with Gasteiger partial charge in [0.25, 0.3) is 0 Å². The van der Waals surface area contributed by atoms with Crippen LogP contribution in [-0.2, 0) is 5.41 Å². The lowest BCUT2D eigenvalue weighted by Crippen LogP contribution is -2.30. The van der Waals surface area contributed by atoms with Gasteiger partial charge in [-0.15, -0.1) is 0 Å². The summed E-state index contributed by atoms with van der Waals surface area (Å²) in [4.78, 5) is 0. The fourth-order valence-electron chi connectivity index (χ4n) is 5.87. The molecule has 0 heteroatoms. The fourth-order valence-corrected chi connectivity index (χ4v) is 5.87. The molecule has 0 saturated heterocycles. The van der Waals surface area contributed by atoms with Crippen LogP contribution in [0.1, 0.15) is 33.4 Å². The Morgan fingerprint density at radius 3 is 1.64 bits per heavy atom. The van der Waals surface area contributed by atoms with Crippen LogP contribution in [0.25, 0.3) is 22.3 Å². The van der Waals surface area contributed by atoms with Crippen molar-refractivity contribution in [1.29, 1.82) is 0 Å². The zero-order valence-electron chi connectivity index (χ0n) is 19.0. The molecule has 5 aromatic rings. The highest BCUT2D eigenvalue weighted by Crippen LogP contribution is 2.59. The van der Waals surface area contributed by atoms with Crippen molar-refractivity contribution in [3.63, 3.8) is 0 Å². The molecule has 0 saturated carbocycles. The van der Waals surface area contributed by atoms with Crippen molar-refractivity contribution in [2.24, 2.45) is 0 Å². The smallest absolute Gasteiger partial charge is 0.0622 e. The summed E-state index contributed by atoms with van der Waals surface area (Å²) >= 11 is 0. The van der Waals surface area contributed by atoms with E-state index in [1.165, 1.54) is 55.6 Å². The van der Waals surface area contributed by atoms with E-state index >= 15 is 0 Å². The van der Waals surface area contributed by atoms with Crippen molar-refractivity contribution in [3.8, 4) is 22.3 Å². The van der Waals surface area contributed by atoms with Gasteiger partial charge in [-0.2, -0.15) is 0 Å². The van der Waals surface area contributed by atoms with E-state index in [0.29, 0.717) is 0 Å². The summed E-state index contributed by atoms with van der Waals surface area (Å²) in [5, 5.41) is 0. The Labute approximate surface area is 196 Å². The summed E-state index contributed by atoms with van der Waals surface area (Å²) in [6.45, 7) is 4.44. The highest BCUT2D eigenvalue weighted by Gasteiger charge is 2.48. The van der Waals surface area contributed by atoms with Crippen LogP contribution < -0.4 is 0 Å².